The Balaban J connectivity index is 1.92. The Labute approximate surface area is 215 Å². The van der Waals surface area contributed by atoms with Gasteiger partial charge in [0, 0.05) is 6.07 Å². The molecule has 1 N–H and O–H groups in total. The van der Waals surface area contributed by atoms with Crippen LogP contribution in [0.1, 0.15) is 18.5 Å². The third-order valence-corrected chi connectivity index (χ3v) is 7.40. The van der Waals surface area contributed by atoms with Crippen molar-refractivity contribution in [3.05, 3.63) is 72.0 Å². The topological polar surface area (TPSA) is 103 Å². The molecule has 0 saturated heterocycles. The quantitative estimate of drug-likeness (QED) is 0.399. The van der Waals surface area contributed by atoms with Gasteiger partial charge in [0.05, 0.1) is 45.1 Å². The van der Waals surface area contributed by atoms with E-state index in [1.165, 1.54) is 58.8 Å². The van der Waals surface area contributed by atoms with Crippen LogP contribution < -0.4 is 28.6 Å². The van der Waals surface area contributed by atoms with E-state index in [4.69, 9.17) is 18.9 Å². The fourth-order valence-corrected chi connectivity index (χ4v) is 5.09. The van der Waals surface area contributed by atoms with Crippen molar-refractivity contribution in [2.75, 3.05) is 39.3 Å². The lowest BCUT2D eigenvalue weighted by atomic mass is 10.1. The van der Waals surface area contributed by atoms with Crippen molar-refractivity contribution in [1.82, 2.24) is 5.32 Å². The maximum atomic E-state index is 13.7. The van der Waals surface area contributed by atoms with Crippen molar-refractivity contribution >= 4 is 21.6 Å². The van der Waals surface area contributed by atoms with Crippen LogP contribution in [0.15, 0.2) is 65.6 Å². The molecule has 9 nitrogen and oxygen atoms in total. The number of ether oxygens (including phenoxy) is 4. The van der Waals surface area contributed by atoms with Gasteiger partial charge in [-0.05, 0) is 61.0 Å². The van der Waals surface area contributed by atoms with E-state index in [-0.39, 0.29) is 16.3 Å². The highest BCUT2D eigenvalue weighted by atomic mass is 32.2. The zero-order valence-corrected chi connectivity index (χ0v) is 22.0. The first-order chi connectivity index (χ1) is 17.6. The first-order valence-electron chi connectivity index (χ1n) is 11.2. The smallest absolute Gasteiger partial charge is 0.264 e. The molecule has 3 aromatic rings. The van der Waals surface area contributed by atoms with Gasteiger partial charge in [-0.15, -0.1) is 0 Å². The zero-order valence-electron chi connectivity index (χ0n) is 21.1. The minimum Gasteiger partial charge on any atom is -0.493 e. The molecule has 0 aliphatic heterocycles. The van der Waals surface area contributed by atoms with E-state index >= 15 is 0 Å². The number of hydrogen-bond donors (Lipinski definition) is 1. The molecule has 1 atom stereocenters. The fraction of sp³-hybridized carbons (Fsp3) is 0.269. The summed E-state index contributed by atoms with van der Waals surface area (Å²) in [5, 5.41) is 2.80. The van der Waals surface area contributed by atoms with E-state index in [1.807, 2.05) is 0 Å². The second-order valence-electron chi connectivity index (χ2n) is 7.91. The lowest BCUT2D eigenvalue weighted by Gasteiger charge is -2.25. The predicted octanol–water partition coefficient (Wildman–Crippen LogP) is 3.93. The zero-order chi connectivity index (χ0) is 27.2. The van der Waals surface area contributed by atoms with E-state index in [2.05, 4.69) is 5.32 Å². The van der Waals surface area contributed by atoms with Crippen molar-refractivity contribution in [3.63, 3.8) is 0 Å². The second-order valence-corrected chi connectivity index (χ2v) is 9.77. The van der Waals surface area contributed by atoms with Gasteiger partial charge in [0.1, 0.15) is 12.4 Å². The van der Waals surface area contributed by atoms with Crippen LogP contribution in [0.5, 0.6) is 23.0 Å². The van der Waals surface area contributed by atoms with E-state index < -0.39 is 34.3 Å². The maximum Gasteiger partial charge on any atom is 0.264 e. The van der Waals surface area contributed by atoms with E-state index in [9.17, 15) is 17.6 Å². The Kier molecular flexibility index (Phi) is 8.82. The number of carbonyl (C=O) groups is 1. The number of anilines is 1. The minimum absolute atomic E-state index is 0.116. The van der Waals surface area contributed by atoms with Gasteiger partial charge >= 0.3 is 0 Å². The number of hydrogen-bond acceptors (Lipinski definition) is 7. The summed E-state index contributed by atoms with van der Waals surface area (Å²) in [7, 11) is 1.58. The normalized spacial score (nSPS) is 11.8. The van der Waals surface area contributed by atoms with Crippen LogP contribution in [0.25, 0.3) is 0 Å². The van der Waals surface area contributed by atoms with Gasteiger partial charge in [-0.2, -0.15) is 0 Å². The fourth-order valence-electron chi connectivity index (χ4n) is 3.65. The Morgan fingerprint density at radius 3 is 1.95 bits per heavy atom. The minimum atomic E-state index is -4.26. The lowest BCUT2D eigenvalue weighted by Crippen LogP contribution is -2.41. The van der Waals surface area contributed by atoms with Gasteiger partial charge < -0.3 is 24.3 Å². The number of methoxy groups -OCH3 is 4. The SMILES string of the molecule is COc1ccc(C(C)NC(=O)CN(c2ccc(F)cc2)S(=O)(=O)c2ccc(OC)c(OC)c2)cc1OC. The first kappa shape index (κ1) is 27.6. The summed E-state index contributed by atoms with van der Waals surface area (Å²) in [6, 6.07) is 13.6. The van der Waals surface area contributed by atoms with Crippen molar-refractivity contribution in [2.24, 2.45) is 0 Å². The molecular weight excluding hydrogens is 503 g/mol. The van der Waals surface area contributed by atoms with Crippen LogP contribution in [0.3, 0.4) is 0 Å². The Morgan fingerprint density at radius 1 is 0.838 bits per heavy atom. The van der Waals surface area contributed by atoms with Gasteiger partial charge in [0.25, 0.3) is 10.0 Å². The third-order valence-electron chi connectivity index (χ3n) is 5.63. The number of sulfonamides is 1. The average Bonchev–Trinajstić information content (AvgIpc) is 2.91. The van der Waals surface area contributed by atoms with Gasteiger partial charge in [-0.1, -0.05) is 6.07 Å². The highest BCUT2D eigenvalue weighted by molar-refractivity contribution is 7.92. The van der Waals surface area contributed by atoms with Crippen LogP contribution in [-0.2, 0) is 14.8 Å². The highest BCUT2D eigenvalue weighted by Crippen LogP contribution is 2.33. The molecule has 0 aliphatic carbocycles. The molecule has 3 rings (SSSR count). The first-order valence-corrected chi connectivity index (χ1v) is 12.6. The third kappa shape index (κ3) is 6.23. The molecule has 0 aromatic heterocycles. The molecule has 0 radical (unpaired) electrons. The van der Waals surface area contributed by atoms with Gasteiger partial charge in [-0.3, -0.25) is 9.10 Å². The Morgan fingerprint density at radius 2 is 1.38 bits per heavy atom. The molecule has 11 heteroatoms. The Bertz CT molecular complexity index is 1350. The summed E-state index contributed by atoms with van der Waals surface area (Å²) in [5.41, 5.74) is 0.840. The molecule has 3 aromatic carbocycles. The van der Waals surface area contributed by atoms with Crippen molar-refractivity contribution in [2.45, 2.75) is 17.9 Å². The number of nitrogens with one attached hydrogen (secondary N) is 1. The molecule has 198 valence electrons. The summed E-state index contributed by atoms with van der Waals surface area (Å²) < 4.78 is 62.8. The van der Waals surface area contributed by atoms with E-state index in [1.54, 1.807) is 25.1 Å². The molecule has 0 aliphatic rings. The summed E-state index contributed by atoms with van der Waals surface area (Å²) >= 11 is 0. The molecule has 1 amide bonds. The molecule has 37 heavy (non-hydrogen) atoms. The number of halogens is 1. The molecule has 1 unspecified atom stereocenters. The van der Waals surface area contributed by atoms with Crippen LogP contribution >= 0.6 is 0 Å². The molecule has 0 heterocycles. The summed E-state index contributed by atoms with van der Waals surface area (Å²) in [6.45, 7) is 1.20. The van der Waals surface area contributed by atoms with Crippen LogP contribution in [0.4, 0.5) is 10.1 Å². The lowest BCUT2D eigenvalue weighted by molar-refractivity contribution is -0.120. The van der Waals surface area contributed by atoms with Crippen LogP contribution in [-0.4, -0.2) is 49.3 Å². The summed E-state index contributed by atoms with van der Waals surface area (Å²) in [4.78, 5) is 12.9. The van der Waals surface area contributed by atoms with Gasteiger partial charge in [-0.25, -0.2) is 12.8 Å². The average molecular weight is 533 g/mol. The predicted molar refractivity (Wildman–Crippen MR) is 137 cm³/mol. The van der Waals surface area contributed by atoms with Crippen molar-refractivity contribution < 1.29 is 36.6 Å². The summed E-state index contributed by atoms with van der Waals surface area (Å²) in [6.07, 6.45) is 0. The number of amides is 1. The molecule has 0 fully saturated rings. The van der Waals surface area contributed by atoms with Crippen LogP contribution in [0, 0.1) is 5.82 Å². The second kappa shape index (κ2) is 11.8. The molecule has 0 spiro atoms. The van der Waals surface area contributed by atoms with Crippen molar-refractivity contribution in [1.29, 1.82) is 0 Å². The number of nitrogens with zero attached hydrogens (tertiary/aromatic N) is 1. The molecule has 0 bridgehead atoms. The Hall–Kier alpha value is -3.99. The molecular formula is C26H29FN2O7S. The maximum absolute atomic E-state index is 13.7. The number of carbonyl (C=O) groups excluding carboxylic acids is 1. The molecule has 0 saturated carbocycles. The monoisotopic (exact) mass is 532 g/mol. The van der Waals surface area contributed by atoms with E-state index in [0.29, 0.717) is 17.2 Å². The highest BCUT2D eigenvalue weighted by Gasteiger charge is 2.29. The largest absolute Gasteiger partial charge is 0.493 e. The summed E-state index contributed by atoms with van der Waals surface area (Å²) in [5.74, 6) is 0.457. The van der Waals surface area contributed by atoms with Gasteiger partial charge in [0.2, 0.25) is 5.91 Å². The van der Waals surface area contributed by atoms with E-state index in [0.717, 1.165) is 22.0 Å². The number of rotatable bonds is 11. The van der Waals surface area contributed by atoms with Crippen molar-refractivity contribution in [3.8, 4) is 23.0 Å². The van der Waals surface area contributed by atoms with Crippen LogP contribution in [0.2, 0.25) is 0 Å². The number of benzene rings is 3. The van der Waals surface area contributed by atoms with Gasteiger partial charge in [0.15, 0.2) is 23.0 Å². The standard InChI is InChI=1S/C26H29FN2O7S/c1-17(18-6-12-22(33-2)24(14-18)35-4)28-26(30)16-29(20-9-7-19(27)8-10-20)37(31,32)21-11-13-23(34-3)25(15-21)36-5/h6-15,17H,16H2,1-5H3,(H,28,30).